The summed E-state index contributed by atoms with van der Waals surface area (Å²) >= 11 is 1.54. The van der Waals surface area contributed by atoms with Crippen LogP contribution in [0, 0.1) is 6.92 Å². The second kappa shape index (κ2) is 5.93. The minimum absolute atomic E-state index is 0.111. The van der Waals surface area contributed by atoms with Crippen LogP contribution in [0.15, 0.2) is 28.8 Å². The molecule has 0 aliphatic heterocycles. The van der Waals surface area contributed by atoms with E-state index in [1.165, 1.54) is 17.3 Å². The molecule has 0 aliphatic rings. The zero-order chi connectivity index (χ0) is 14.8. The molecule has 1 N–H and O–H groups in total. The Balaban J connectivity index is 2.08. The van der Waals surface area contributed by atoms with Crippen LogP contribution in [-0.4, -0.2) is 25.3 Å². The number of aromatic nitrogens is 4. The molecule has 0 saturated carbocycles. The molecule has 2 aromatic rings. The molecule has 0 saturated heterocycles. The van der Waals surface area contributed by atoms with Crippen LogP contribution in [0.2, 0.25) is 0 Å². The molecule has 0 unspecified atom stereocenters. The maximum absolute atomic E-state index is 4.54. The number of hydrogen-bond acceptors (Lipinski definition) is 5. The van der Waals surface area contributed by atoms with Gasteiger partial charge in [0.15, 0.2) is 5.16 Å². The normalized spacial score (nSPS) is 11.8. The molecular weight excluding hydrogens is 270 g/mol. The van der Waals surface area contributed by atoms with E-state index in [1.54, 1.807) is 11.0 Å². The van der Waals surface area contributed by atoms with Gasteiger partial charge < -0.3 is 5.32 Å². The molecule has 0 bridgehead atoms. The predicted molar refractivity (Wildman–Crippen MR) is 80.7 cm³/mol. The second-order valence-corrected chi connectivity index (χ2v) is 6.79. The number of hydrogen-bond donors (Lipinski definition) is 1. The van der Waals surface area contributed by atoms with E-state index in [4.69, 9.17) is 0 Å². The fraction of sp³-hybridized carbons (Fsp3) is 0.500. The van der Waals surface area contributed by atoms with Crippen molar-refractivity contribution < 1.29 is 0 Å². The maximum atomic E-state index is 4.54. The number of nitrogens with zero attached hydrogens (tertiary/aromatic N) is 4. The largest absolute Gasteiger partial charge is 0.308 e. The highest BCUT2D eigenvalue weighted by atomic mass is 32.2. The minimum Gasteiger partial charge on any atom is -0.308 e. The Morgan fingerprint density at radius 3 is 2.60 bits per heavy atom. The third-order valence-electron chi connectivity index (χ3n) is 2.77. The molecule has 2 aromatic heterocycles. The number of nitrogens with one attached hydrogen (secondary N) is 1. The smallest absolute Gasteiger partial charge is 0.192 e. The van der Waals surface area contributed by atoms with E-state index in [-0.39, 0.29) is 5.54 Å². The molecule has 0 amide bonds. The first-order valence-electron chi connectivity index (χ1n) is 6.57. The molecule has 0 atom stereocenters. The second-order valence-electron chi connectivity index (χ2n) is 5.84. The molecule has 6 heteroatoms. The van der Waals surface area contributed by atoms with E-state index in [2.05, 4.69) is 54.1 Å². The monoisotopic (exact) mass is 291 g/mol. The van der Waals surface area contributed by atoms with Crippen molar-refractivity contribution in [2.24, 2.45) is 7.05 Å². The maximum Gasteiger partial charge on any atom is 0.192 e. The lowest BCUT2D eigenvalue weighted by molar-refractivity contribution is 0.424. The Morgan fingerprint density at radius 2 is 2.05 bits per heavy atom. The van der Waals surface area contributed by atoms with E-state index >= 15 is 0 Å². The zero-order valence-corrected chi connectivity index (χ0v) is 13.5. The lowest BCUT2D eigenvalue weighted by Gasteiger charge is -2.20. The molecule has 108 valence electrons. The van der Waals surface area contributed by atoms with Crippen LogP contribution in [0.4, 0.5) is 0 Å². The van der Waals surface area contributed by atoms with Crippen molar-refractivity contribution in [1.82, 2.24) is 25.1 Å². The molecule has 0 fully saturated rings. The highest BCUT2D eigenvalue weighted by Gasteiger charge is 2.11. The predicted octanol–water partition coefficient (Wildman–Crippen LogP) is 2.56. The first-order valence-corrected chi connectivity index (χ1v) is 7.39. The van der Waals surface area contributed by atoms with Crippen molar-refractivity contribution in [3.8, 4) is 0 Å². The van der Waals surface area contributed by atoms with E-state index in [0.717, 1.165) is 22.3 Å². The van der Waals surface area contributed by atoms with Crippen LogP contribution in [0.5, 0.6) is 0 Å². The fourth-order valence-corrected chi connectivity index (χ4v) is 2.43. The minimum atomic E-state index is 0.111. The molecule has 20 heavy (non-hydrogen) atoms. The summed E-state index contributed by atoms with van der Waals surface area (Å²) in [6.07, 6.45) is 3.48. The van der Waals surface area contributed by atoms with E-state index in [0.29, 0.717) is 0 Å². The third-order valence-corrected chi connectivity index (χ3v) is 3.94. The highest BCUT2D eigenvalue weighted by Crippen LogP contribution is 2.26. The van der Waals surface area contributed by atoms with Crippen LogP contribution in [0.25, 0.3) is 0 Å². The van der Waals surface area contributed by atoms with Crippen molar-refractivity contribution >= 4 is 11.8 Å². The zero-order valence-electron chi connectivity index (χ0n) is 12.6. The molecule has 0 aromatic carbocycles. The lowest BCUT2D eigenvalue weighted by Crippen LogP contribution is -2.35. The van der Waals surface area contributed by atoms with Crippen LogP contribution in [-0.2, 0) is 13.6 Å². The standard InChI is InChI=1S/C14H21N5S/c1-10-6-11(8-17-14(2,3)4)7-15-12(10)20-13-16-9-18-19(13)5/h6-7,9,17H,8H2,1-5H3. The van der Waals surface area contributed by atoms with Gasteiger partial charge in [-0.1, -0.05) is 6.07 Å². The van der Waals surface area contributed by atoms with Gasteiger partial charge in [-0.2, -0.15) is 5.10 Å². The van der Waals surface area contributed by atoms with Gasteiger partial charge in [0, 0.05) is 25.3 Å². The SMILES string of the molecule is Cc1cc(CNC(C)(C)C)cnc1Sc1ncnn1C. The van der Waals surface area contributed by atoms with Crippen LogP contribution >= 0.6 is 11.8 Å². The molecule has 2 heterocycles. The molecule has 5 nitrogen and oxygen atoms in total. The van der Waals surface area contributed by atoms with Crippen LogP contribution in [0.3, 0.4) is 0 Å². The van der Waals surface area contributed by atoms with Crippen molar-refractivity contribution in [3.63, 3.8) is 0 Å². The van der Waals surface area contributed by atoms with Crippen molar-refractivity contribution in [1.29, 1.82) is 0 Å². The van der Waals surface area contributed by atoms with Gasteiger partial charge in [-0.05, 0) is 50.6 Å². The Hall–Kier alpha value is -1.40. The van der Waals surface area contributed by atoms with Gasteiger partial charge in [0.05, 0.1) is 0 Å². The van der Waals surface area contributed by atoms with Crippen molar-refractivity contribution in [2.75, 3.05) is 0 Å². The van der Waals surface area contributed by atoms with Gasteiger partial charge in [-0.3, -0.25) is 0 Å². The van der Waals surface area contributed by atoms with E-state index < -0.39 is 0 Å². The lowest BCUT2D eigenvalue weighted by atomic mass is 10.1. The summed E-state index contributed by atoms with van der Waals surface area (Å²) in [4.78, 5) is 8.74. The average molecular weight is 291 g/mol. The first-order chi connectivity index (χ1) is 9.35. The summed E-state index contributed by atoms with van der Waals surface area (Å²) < 4.78 is 1.75. The molecule has 0 radical (unpaired) electrons. The molecule has 0 spiro atoms. The summed E-state index contributed by atoms with van der Waals surface area (Å²) in [7, 11) is 1.88. The van der Waals surface area contributed by atoms with Gasteiger partial charge in [-0.25, -0.2) is 14.6 Å². The summed E-state index contributed by atoms with van der Waals surface area (Å²) in [5.41, 5.74) is 2.46. The van der Waals surface area contributed by atoms with Gasteiger partial charge in [0.2, 0.25) is 0 Å². The average Bonchev–Trinajstić information content (AvgIpc) is 2.75. The highest BCUT2D eigenvalue weighted by molar-refractivity contribution is 7.99. The van der Waals surface area contributed by atoms with Crippen LogP contribution < -0.4 is 5.32 Å². The Kier molecular flexibility index (Phi) is 4.45. The van der Waals surface area contributed by atoms with Gasteiger partial charge in [0.25, 0.3) is 0 Å². The summed E-state index contributed by atoms with van der Waals surface area (Å²) in [5.74, 6) is 0. The molecule has 2 rings (SSSR count). The Labute approximate surface area is 124 Å². The molecule has 0 aliphatic carbocycles. The van der Waals surface area contributed by atoms with Gasteiger partial charge in [0.1, 0.15) is 11.4 Å². The summed E-state index contributed by atoms with van der Waals surface area (Å²) in [6.45, 7) is 9.38. The number of pyridine rings is 1. The van der Waals surface area contributed by atoms with Crippen LogP contribution in [0.1, 0.15) is 31.9 Å². The third kappa shape index (κ3) is 4.05. The quantitative estimate of drug-likeness (QED) is 0.938. The van der Waals surface area contributed by atoms with Crippen molar-refractivity contribution in [3.05, 3.63) is 29.7 Å². The number of rotatable bonds is 4. The van der Waals surface area contributed by atoms with Gasteiger partial charge >= 0.3 is 0 Å². The van der Waals surface area contributed by atoms with E-state index in [1.807, 2.05) is 13.2 Å². The Bertz CT molecular complexity index is 585. The summed E-state index contributed by atoms with van der Waals surface area (Å²) in [5, 5.41) is 9.35. The van der Waals surface area contributed by atoms with E-state index in [9.17, 15) is 0 Å². The topological polar surface area (TPSA) is 55.6 Å². The Morgan fingerprint density at radius 1 is 1.30 bits per heavy atom. The van der Waals surface area contributed by atoms with Crippen molar-refractivity contribution in [2.45, 2.75) is 50.0 Å². The first kappa shape index (κ1) is 15.0. The summed E-state index contributed by atoms with van der Waals surface area (Å²) in [6, 6.07) is 2.17. The number of aryl methyl sites for hydroxylation is 2. The van der Waals surface area contributed by atoms with Gasteiger partial charge in [-0.15, -0.1) is 0 Å². The fourth-order valence-electron chi connectivity index (χ4n) is 1.66. The molecular formula is C14H21N5S.